The lowest BCUT2D eigenvalue weighted by atomic mass is 9.67. The number of aliphatic hydroxyl groups excluding tert-OH is 1. The Morgan fingerprint density at radius 3 is 2.44 bits per heavy atom. The fourth-order valence-corrected chi connectivity index (χ4v) is 3.07. The first-order valence-electron chi connectivity index (χ1n) is 7.41. The van der Waals surface area contributed by atoms with Crippen molar-refractivity contribution in [3.8, 4) is 0 Å². The van der Waals surface area contributed by atoms with Gasteiger partial charge in [0.25, 0.3) is 0 Å². The van der Waals surface area contributed by atoms with E-state index in [0.717, 1.165) is 31.6 Å². The van der Waals surface area contributed by atoms with Gasteiger partial charge in [-0.05, 0) is 51.4 Å². The summed E-state index contributed by atoms with van der Waals surface area (Å²) in [6, 6.07) is 0. The maximum Gasteiger partial charge on any atom is 0.309 e. The van der Waals surface area contributed by atoms with E-state index in [2.05, 4.69) is 6.92 Å². The molecule has 1 unspecified atom stereocenters. The van der Waals surface area contributed by atoms with E-state index in [1.54, 1.807) is 6.92 Å². The first kappa shape index (κ1) is 15.5. The quantitative estimate of drug-likeness (QED) is 0.731. The van der Waals surface area contributed by atoms with Crippen LogP contribution in [0, 0.1) is 11.3 Å². The maximum absolute atomic E-state index is 11.5. The SMILES string of the molecule is CCCCC1CCC(CCC(C)O)(C(=O)O)CC1. The van der Waals surface area contributed by atoms with E-state index in [0.29, 0.717) is 12.8 Å². The van der Waals surface area contributed by atoms with Crippen molar-refractivity contribution in [2.75, 3.05) is 0 Å². The van der Waals surface area contributed by atoms with Crippen molar-refractivity contribution < 1.29 is 15.0 Å². The molecule has 1 aliphatic rings. The number of carbonyl (C=O) groups is 1. The van der Waals surface area contributed by atoms with Crippen LogP contribution in [0.25, 0.3) is 0 Å². The predicted molar refractivity (Wildman–Crippen MR) is 72.5 cm³/mol. The van der Waals surface area contributed by atoms with Gasteiger partial charge in [-0.15, -0.1) is 0 Å². The second-order valence-corrected chi connectivity index (χ2v) is 6.06. The van der Waals surface area contributed by atoms with Crippen molar-refractivity contribution in [2.45, 2.75) is 77.7 Å². The smallest absolute Gasteiger partial charge is 0.309 e. The number of aliphatic hydroxyl groups is 1. The molecule has 0 heterocycles. The van der Waals surface area contributed by atoms with E-state index < -0.39 is 11.4 Å². The molecule has 0 aromatic heterocycles. The molecule has 1 fully saturated rings. The minimum absolute atomic E-state index is 0.390. The lowest BCUT2D eigenvalue weighted by Gasteiger charge is -2.37. The highest BCUT2D eigenvalue weighted by molar-refractivity contribution is 5.74. The molecule has 1 aliphatic carbocycles. The molecule has 3 heteroatoms. The highest BCUT2D eigenvalue weighted by Crippen LogP contribution is 2.44. The Hall–Kier alpha value is -0.570. The summed E-state index contributed by atoms with van der Waals surface area (Å²) in [6.45, 7) is 3.94. The standard InChI is InChI=1S/C15H28O3/c1-3-4-5-13-7-10-15(11-8-13,14(17)18)9-6-12(2)16/h12-13,16H,3-11H2,1-2H3,(H,17,18). The second kappa shape index (κ2) is 7.13. The molecule has 1 atom stereocenters. The molecule has 18 heavy (non-hydrogen) atoms. The lowest BCUT2D eigenvalue weighted by Crippen LogP contribution is -2.36. The van der Waals surface area contributed by atoms with Crippen LogP contribution in [0.2, 0.25) is 0 Å². The highest BCUT2D eigenvalue weighted by Gasteiger charge is 2.41. The van der Waals surface area contributed by atoms with E-state index in [4.69, 9.17) is 0 Å². The van der Waals surface area contributed by atoms with Crippen LogP contribution >= 0.6 is 0 Å². The van der Waals surface area contributed by atoms with Crippen molar-refractivity contribution in [3.63, 3.8) is 0 Å². The predicted octanol–water partition coefficient (Wildman–Crippen LogP) is 3.60. The van der Waals surface area contributed by atoms with Crippen LogP contribution in [0.5, 0.6) is 0 Å². The van der Waals surface area contributed by atoms with Crippen LogP contribution in [-0.2, 0) is 4.79 Å². The van der Waals surface area contributed by atoms with Crippen LogP contribution < -0.4 is 0 Å². The first-order valence-corrected chi connectivity index (χ1v) is 7.41. The second-order valence-electron chi connectivity index (χ2n) is 6.06. The molecule has 3 nitrogen and oxygen atoms in total. The van der Waals surface area contributed by atoms with Gasteiger partial charge in [-0.3, -0.25) is 4.79 Å². The van der Waals surface area contributed by atoms with Gasteiger partial charge >= 0.3 is 5.97 Å². The minimum atomic E-state index is -0.655. The van der Waals surface area contributed by atoms with Gasteiger partial charge in [-0.1, -0.05) is 26.2 Å². The molecule has 0 bridgehead atoms. The third-order valence-corrected chi connectivity index (χ3v) is 4.52. The van der Waals surface area contributed by atoms with Crippen molar-refractivity contribution in [3.05, 3.63) is 0 Å². The van der Waals surface area contributed by atoms with Crippen molar-refractivity contribution in [1.29, 1.82) is 0 Å². The van der Waals surface area contributed by atoms with Crippen LogP contribution in [0.4, 0.5) is 0 Å². The molecule has 0 aliphatic heterocycles. The summed E-state index contributed by atoms with van der Waals surface area (Å²) in [4.78, 5) is 11.5. The number of unbranched alkanes of at least 4 members (excludes halogenated alkanes) is 1. The summed E-state index contributed by atoms with van der Waals surface area (Å²) in [5.74, 6) is 0.0704. The number of carboxylic acids is 1. The Morgan fingerprint density at radius 1 is 1.39 bits per heavy atom. The molecule has 0 saturated heterocycles. The topological polar surface area (TPSA) is 57.5 Å². The fraction of sp³-hybridized carbons (Fsp3) is 0.933. The van der Waals surface area contributed by atoms with Crippen LogP contribution in [-0.4, -0.2) is 22.3 Å². The molecule has 0 aromatic carbocycles. The average Bonchev–Trinajstić information content (AvgIpc) is 2.35. The van der Waals surface area contributed by atoms with Gasteiger partial charge < -0.3 is 10.2 Å². The molecule has 0 spiro atoms. The normalized spacial score (nSPS) is 30.1. The van der Waals surface area contributed by atoms with Crippen molar-refractivity contribution in [2.24, 2.45) is 11.3 Å². The molecular weight excluding hydrogens is 228 g/mol. The van der Waals surface area contributed by atoms with Gasteiger partial charge in [0.05, 0.1) is 11.5 Å². The Morgan fingerprint density at radius 2 is 2.00 bits per heavy atom. The maximum atomic E-state index is 11.5. The summed E-state index contributed by atoms with van der Waals surface area (Å²) in [5, 5.41) is 18.8. The van der Waals surface area contributed by atoms with Gasteiger partial charge in [0.2, 0.25) is 0 Å². The summed E-state index contributed by atoms with van der Waals surface area (Å²) >= 11 is 0. The number of aliphatic carboxylic acids is 1. The molecule has 0 amide bonds. The van der Waals surface area contributed by atoms with E-state index >= 15 is 0 Å². The number of hydrogen-bond donors (Lipinski definition) is 2. The summed E-state index contributed by atoms with van der Waals surface area (Å²) < 4.78 is 0. The zero-order chi connectivity index (χ0) is 13.6. The van der Waals surface area contributed by atoms with Crippen LogP contribution in [0.15, 0.2) is 0 Å². The molecule has 0 radical (unpaired) electrons. The fourth-order valence-electron chi connectivity index (χ4n) is 3.07. The molecule has 0 aromatic rings. The van der Waals surface area contributed by atoms with Gasteiger partial charge in [-0.2, -0.15) is 0 Å². The molecular formula is C15H28O3. The average molecular weight is 256 g/mol. The Balaban J connectivity index is 2.49. The number of hydrogen-bond acceptors (Lipinski definition) is 2. The third-order valence-electron chi connectivity index (χ3n) is 4.52. The van der Waals surface area contributed by atoms with E-state index in [1.807, 2.05) is 0 Å². The lowest BCUT2D eigenvalue weighted by molar-refractivity contribution is -0.152. The Bertz CT molecular complexity index is 252. The molecule has 1 rings (SSSR count). The third kappa shape index (κ3) is 4.27. The number of rotatable bonds is 7. The van der Waals surface area contributed by atoms with E-state index in [9.17, 15) is 15.0 Å². The minimum Gasteiger partial charge on any atom is -0.481 e. The zero-order valence-electron chi connectivity index (χ0n) is 11.8. The Labute approximate surface area is 111 Å². The van der Waals surface area contributed by atoms with E-state index in [1.165, 1.54) is 19.3 Å². The monoisotopic (exact) mass is 256 g/mol. The van der Waals surface area contributed by atoms with Gasteiger partial charge in [0, 0.05) is 0 Å². The first-order chi connectivity index (χ1) is 8.50. The summed E-state index contributed by atoms with van der Waals surface area (Å²) in [6.07, 6.45) is 8.26. The van der Waals surface area contributed by atoms with Crippen molar-refractivity contribution >= 4 is 5.97 Å². The van der Waals surface area contributed by atoms with Gasteiger partial charge in [0.15, 0.2) is 0 Å². The number of carboxylic acid groups (broad SMARTS) is 1. The molecule has 106 valence electrons. The largest absolute Gasteiger partial charge is 0.481 e. The Kier molecular flexibility index (Phi) is 6.13. The van der Waals surface area contributed by atoms with Crippen LogP contribution in [0.1, 0.15) is 71.6 Å². The molecule has 1 saturated carbocycles. The van der Waals surface area contributed by atoms with E-state index in [-0.39, 0.29) is 6.10 Å². The molecule has 2 N–H and O–H groups in total. The highest BCUT2D eigenvalue weighted by atomic mass is 16.4. The van der Waals surface area contributed by atoms with Crippen LogP contribution in [0.3, 0.4) is 0 Å². The summed E-state index contributed by atoms with van der Waals surface area (Å²) in [7, 11) is 0. The van der Waals surface area contributed by atoms with Crippen molar-refractivity contribution in [1.82, 2.24) is 0 Å². The van der Waals surface area contributed by atoms with Gasteiger partial charge in [-0.25, -0.2) is 0 Å². The van der Waals surface area contributed by atoms with Gasteiger partial charge in [0.1, 0.15) is 0 Å². The zero-order valence-corrected chi connectivity index (χ0v) is 11.8. The summed E-state index contributed by atoms with van der Waals surface area (Å²) in [5.41, 5.74) is -0.556.